The Balaban J connectivity index is 1.87. The van der Waals surface area contributed by atoms with E-state index in [0.29, 0.717) is 19.1 Å². The van der Waals surface area contributed by atoms with Gasteiger partial charge in [-0.1, -0.05) is 6.92 Å². The molecule has 7 heteroatoms. The average Bonchev–Trinajstić information content (AvgIpc) is 2.96. The predicted octanol–water partition coefficient (Wildman–Crippen LogP) is 1.18. The van der Waals surface area contributed by atoms with Crippen LogP contribution < -0.4 is 5.32 Å². The van der Waals surface area contributed by atoms with Gasteiger partial charge in [-0.3, -0.25) is 14.6 Å². The zero-order valence-electron chi connectivity index (χ0n) is 15.3. The molecule has 0 saturated carbocycles. The molecule has 136 valence electrons. The van der Waals surface area contributed by atoms with E-state index in [-0.39, 0.29) is 18.1 Å². The zero-order chi connectivity index (χ0) is 17.7. The molecule has 24 heavy (non-hydrogen) atoms. The molecule has 2 heterocycles. The Morgan fingerprint density at radius 1 is 1.42 bits per heavy atom. The van der Waals surface area contributed by atoms with Gasteiger partial charge in [-0.05, 0) is 27.2 Å². The van der Waals surface area contributed by atoms with Crippen LogP contribution in [0.5, 0.6) is 0 Å². The van der Waals surface area contributed by atoms with Gasteiger partial charge in [0.25, 0.3) is 0 Å². The van der Waals surface area contributed by atoms with Gasteiger partial charge in [0.1, 0.15) is 5.82 Å². The Bertz CT molecular complexity index is 529. The van der Waals surface area contributed by atoms with E-state index < -0.39 is 0 Å². The highest BCUT2D eigenvalue weighted by molar-refractivity contribution is 5.91. The number of carbonyl (C=O) groups is 1. The first-order valence-electron chi connectivity index (χ1n) is 8.88. The fourth-order valence-corrected chi connectivity index (χ4v) is 3.28. The van der Waals surface area contributed by atoms with Crippen LogP contribution in [0.2, 0.25) is 0 Å². The van der Waals surface area contributed by atoms with Crippen molar-refractivity contribution in [2.45, 2.75) is 52.3 Å². The summed E-state index contributed by atoms with van der Waals surface area (Å²) in [4.78, 5) is 16.9. The van der Waals surface area contributed by atoms with E-state index in [1.54, 1.807) is 6.20 Å². The number of nitrogens with zero attached hydrogens (tertiary/aromatic N) is 4. The number of carbonyl (C=O) groups excluding carboxylic acids is 1. The molecule has 1 aromatic heterocycles. The van der Waals surface area contributed by atoms with E-state index in [9.17, 15) is 9.90 Å². The van der Waals surface area contributed by atoms with Crippen LogP contribution in [-0.2, 0) is 4.79 Å². The summed E-state index contributed by atoms with van der Waals surface area (Å²) in [6.07, 6.45) is 2.41. The van der Waals surface area contributed by atoms with Crippen LogP contribution >= 0.6 is 0 Å². The van der Waals surface area contributed by atoms with Crippen molar-refractivity contribution in [3.8, 4) is 0 Å². The van der Waals surface area contributed by atoms with Crippen LogP contribution in [0, 0.1) is 0 Å². The molecule has 0 aromatic carbocycles. The van der Waals surface area contributed by atoms with Crippen molar-refractivity contribution >= 4 is 11.7 Å². The van der Waals surface area contributed by atoms with Crippen LogP contribution in [0.3, 0.4) is 0 Å². The molecule has 0 unspecified atom stereocenters. The fourth-order valence-electron chi connectivity index (χ4n) is 3.28. The van der Waals surface area contributed by atoms with E-state index in [1.807, 2.05) is 31.5 Å². The Labute approximate surface area is 144 Å². The molecule has 1 aliphatic heterocycles. The van der Waals surface area contributed by atoms with Crippen LogP contribution in [0.25, 0.3) is 0 Å². The number of aliphatic hydroxyl groups is 1. The zero-order valence-corrected chi connectivity index (χ0v) is 15.3. The number of aliphatic hydroxyl groups excluding tert-OH is 1. The number of hydrogen-bond acceptors (Lipinski definition) is 5. The molecular formula is C17H31N5O2. The maximum Gasteiger partial charge on any atom is 0.239 e. The third-order valence-electron chi connectivity index (χ3n) is 4.45. The molecule has 1 aliphatic rings. The molecule has 2 atom stereocenters. The molecule has 2 N–H and O–H groups in total. The maximum absolute atomic E-state index is 12.4. The van der Waals surface area contributed by atoms with Crippen molar-refractivity contribution in [2.75, 3.05) is 38.0 Å². The van der Waals surface area contributed by atoms with Gasteiger partial charge in [0, 0.05) is 44.3 Å². The summed E-state index contributed by atoms with van der Waals surface area (Å²) in [7, 11) is 0. The topological polar surface area (TPSA) is 73.6 Å². The third kappa shape index (κ3) is 5.03. The second-order valence-electron chi connectivity index (χ2n) is 6.94. The Kier molecular flexibility index (Phi) is 6.77. The molecule has 0 aliphatic carbocycles. The van der Waals surface area contributed by atoms with Gasteiger partial charge in [0.2, 0.25) is 5.91 Å². The minimum absolute atomic E-state index is 0.00349. The molecular weight excluding hydrogens is 306 g/mol. The van der Waals surface area contributed by atoms with Crippen LogP contribution in [0.4, 0.5) is 5.82 Å². The molecule has 1 amide bonds. The Hall–Kier alpha value is -1.44. The molecule has 1 saturated heterocycles. The monoisotopic (exact) mass is 337 g/mol. The normalized spacial score (nSPS) is 21.2. The Morgan fingerprint density at radius 2 is 2.17 bits per heavy atom. The summed E-state index contributed by atoms with van der Waals surface area (Å²) in [6.45, 7) is 11.7. The minimum atomic E-state index is -0.315. The van der Waals surface area contributed by atoms with Gasteiger partial charge in [0.05, 0.1) is 18.8 Å². The molecule has 2 rings (SSSR count). The van der Waals surface area contributed by atoms with Gasteiger partial charge in [-0.15, -0.1) is 0 Å². The second kappa shape index (κ2) is 8.60. The standard InChI is InChI=1S/C17H31N5O2/c1-5-15-11-20(8-9-21(15)10-14(4)23)12-17(24)19-16-6-7-18-22(16)13(2)3/h6-7,13-15,23H,5,8-12H2,1-4H3,(H,19,24)/t14-,15-/m1/s1. The summed E-state index contributed by atoms with van der Waals surface area (Å²) >= 11 is 0. The second-order valence-corrected chi connectivity index (χ2v) is 6.94. The highest BCUT2D eigenvalue weighted by atomic mass is 16.3. The number of rotatable bonds is 7. The first-order chi connectivity index (χ1) is 11.4. The minimum Gasteiger partial charge on any atom is -0.392 e. The summed E-state index contributed by atoms with van der Waals surface area (Å²) in [5.41, 5.74) is 0. The molecule has 1 aromatic rings. The number of nitrogens with one attached hydrogen (secondary N) is 1. The van der Waals surface area contributed by atoms with Crippen LogP contribution in [-0.4, -0.2) is 75.5 Å². The van der Waals surface area contributed by atoms with Gasteiger partial charge >= 0.3 is 0 Å². The van der Waals surface area contributed by atoms with Crippen molar-refractivity contribution < 1.29 is 9.90 Å². The van der Waals surface area contributed by atoms with Crippen molar-refractivity contribution in [1.82, 2.24) is 19.6 Å². The molecule has 7 nitrogen and oxygen atoms in total. The average molecular weight is 337 g/mol. The quantitative estimate of drug-likeness (QED) is 0.782. The van der Waals surface area contributed by atoms with Crippen molar-refractivity contribution in [2.24, 2.45) is 0 Å². The summed E-state index contributed by atoms with van der Waals surface area (Å²) in [6, 6.07) is 2.43. The van der Waals surface area contributed by atoms with Gasteiger partial charge < -0.3 is 10.4 Å². The first kappa shape index (κ1) is 18.9. The van der Waals surface area contributed by atoms with E-state index in [4.69, 9.17) is 0 Å². The number of β-amino-alcohol motifs (C(OH)–C–C–N with tert-alkyl or cyclic N) is 1. The maximum atomic E-state index is 12.4. The smallest absolute Gasteiger partial charge is 0.239 e. The lowest BCUT2D eigenvalue weighted by Crippen LogP contribution is -2.55. The van der Waals surface area contributed by atoms with Crippen molar-refractivity contribution in [3.63, 3.8) is 0 Å². The van der Waals surface area contributed by atoms with E-state index >= 15 is 0 Å². The van der Waals surface area contributed by atoms with E-state index in [0.717, 1.165) is 31.9 Å². The number of hydrogen-bond donors (Lipinski definition) is 2. The lowest BCUT2D eigenvalue weighted by atomic mass is 10.1. The molecule has 0 spiro atoms. The van der Waals surface area contributed by atoms with Crippen molar-refractivity contribution in [3.05, 3.63) is 12.3 Å². The third-order valence-corrected chi connectivity index (χ3v) is 4.45. The number of amides is 1. The van der Waals surface area contributed by atoms with Gasteiger partial charge in [-0.2, -0.15) is 5.10 Å². The molecule has 1 fully saturated rings. The fraction of sp³-hybridized carbons (Fsp3) is 0.765. The lowest BCUT2D eigenvalue weighted by molar-refractivity contribution is -0.118. The number of anilines is 1. The van der Waals surface area contributed by atoms with Crippen LogP contribution in [0.1, 0.15) is 40.2 Å². The highest BCUT2D eigenvalue weighted by Crippen LogP contribution is 2.15. The summed E-state index contributed by atoms with van der Waals surface area (Å²) in [5.74, 6) is 0.742. The first-order valence-corrected chi connectivity index (χ1v) is 8.88. The van der Waals surface area contributed by atoms with E-state index in [1.165, 1.54) is 0 Å². The van der Waals surface area contributed by atoms with Crippen molar-refractivity contribution in [1.29, 1.82) is 0 Å². The highest BCUT2D eigenvalue weighted by Gasteiger charge is 2.27. The SMILES string of the molecule is CC[C@@H]1CN(CC(=O)Nc2ccnn2C(C)C)CCN1C[C@@H](C)O. The van der Waals surface area contributed by atoms with E-state index in [2.05, 4.69) is 27.1 Å². The largest absolute Gasteiger partial charge is 0.392 e. The predicted molar refractivity (Wildman–Crippen MR) is 95.0 cm³/mol. The summed E-state index contributed by atoms with van der Waals surface area (Å²) in [5, 5.41) is 16.8. The number of aromatic nitrogens is 2. The van der Waals surface area contributed by atoms with Gasteiger partial charge in [-0.25, -0.2) is 4.68 Å². The number of piperazine rings is 1. The van der Waals surface area contributed by atoms with Crippen LogP contribution in [0.15, 0.2) is 12.3 Å². The molecule has 0 radical (unpaired) electrons. The lowest BCUT2D eigenvalue weighted by Gasteiger charge is -2.41. The summed E-state index contributed by atoms with van der Waals surface area (Å²) < 4.78 is 1.81. The Morgan fingerprint density at radius 3 is 2.79 bits per heavy atom. The molecule has 0 bridgehead atoms. The van der Waals surface area contributed by atoms with Gasteiger partial charge in [0.15, 0.2) is 0 Å².